The summed E-state index contributed by atoms with van der Waals surface area (Å²) < 4.78 is 7.56. The molecule has 0 amide bonds. The molecule has 2 aromatic heterocycles. The third kappa shape index (κ3) is 2.29. The molecule has 0 atom stereocenters. The number of ether oxygens (including phenoxy) is 1. The van der Waals surface area contributed by atoms with Crippen molar-refractivity contribution < 1.29 is 4.74 Å². The zero-order valence-electron chi connectivity index (χ0n) is 12.4. The maximum Gasteiger partial charge on any atom is 0.304 e. The van der Waals surface area contributed by atoms with Gasteiger partial charge in [0.25, 0.3) is 0 Å². The summed E-state index contributed by atoms with van der Waals surface area (Å²) in [5, 5.41) is 10.3. The van der Waals surface area contributed by atoms with E-state index in [1.807, 2.05) is 59.9 Å². The molecule has 0 bridgehead atoms. The van der Waals surface area contributed by atoms with Crippen LogP contribution in [-0.2, 0) is 0 Å². The molecule has 0 aliphatic heterocycles. The van der Waals surface area contributed by atoms with E-state index in [0.717, 1.165) is 22.1 Å². The van der Waals surface area contributed by atoms with Gasteiger partial charge < -0.3 is 4.74 Å². The van der Waals surface area contributed by atoms with Gasteiger partial charge >= 0.3 is 6.01 Å². The normalized spacial score (nSPS) is 11.2. The number of benzene rings is 2. The summed E-state index contributed by atoms with van der Waals surface area (Å²) in [6.07, 6.45) is 0. The van der Waals surface area contributed by atoms with Crippen LogP contribution in [0.4, 0.5) is 0 Å². The van der Waals surface area contributed by atoms with Crippen molar-refractivity contribution in [2.24, 2.45) is 0 Å². The largest absolute Gasteiger partial charge is 0.465 e. The minimum absolute atomic E-state index is 0.483. The summed E-state index contributed by atoms with van der Waals surface area (Å²) >= 11 is 5.97. The molecule has 2 heterocycles. The van der Waals surface area contributed by atoms with Crippen molar-refractivity contribution in [3.05, 3.63) is 53.6 Å². The smallest absolute Gasteiger partial charge is 0.304 e. The molecule has 114 valence electrons. The Morgan fingerprint density at radius 1 is 1.04 bits per heavy atom. The first-order chi connectivity index (χ1) is 11.3. The molecule has 5 nitrogen and oxygen atoms in total. The van der Waals surface area contributed by atoms with Crippen LogP contribution in [0.25, 0.3) is 27.9 Å². The number of halogens is 1. The van der Waals surface area contributed by atoms with Gasteiger partial charge in [-0.2, -0.15) is 4.98 Å². The molecule has 0 N–H and O–H groups in total. The number of fused-ring (bicyclic) bond motifs is 3. The van der Waals surface area contributed by atoms with Crippen LogP contribution in [0.15, 0.2) is 48.5 Å². The van der Waals surface area contributed by atoms with E-state index in [2.05, 4.69) is 15.2 Å². The van der Waals surface area contributed by atoms with Crippen LogP contribution < -0.4 is 4.74 Å². The van der Waals surface area contributed by atoms with Gasteiger partial charge in [0.1, 0.15) is 0 Å². The molecular weight excluding hydrogens is 312 g/mol. The molecule has 2 aromatic carbocycles. The van der Waals surface area contributed by atoms with E-state index in [9.17, 15) is 0 Å². The van der Waals surface area contributed by atoms with E-state index in [1.165, 1.54) is 0 Å². The highest BCUT2D eigenvalue weighted by Crippen LogP contribution is 2.28. The number of aromatic nitrogens is 4. The van der Waals surface area contributed by atoms with Crippen molar-refractivity contribution in [3.8, 4) is 17.4 Å². The van der Waals surface area contributed by atoms with Gasteiger partial charge in [-0.05, 0) is 43.3 Å². The van der Waals surface area contributed by atoms with E-state index in [1.54, 1.807) is 0 Å². The molecule has 4 aromatic rings. The number of rotatable bonds is 3. The quantitative estimate of drug-likeness (QED) is 0.571. The van der Waals surface area contributed by atoms with E-state index in [0.29, 0.717) is 23.5 Å². The van der Waals surface area contributed by atoms with Gasteiger partial charge in [-0.15, -0.1) is 10.2 Å². The fraction of sp³-hybridized carbons (Fsp3) is 0.118. The topological polar surface area (TPSA) is 52.3 Å². The van der Waals surface area contributed by atoms with Crippen molar-refractivity contribution in [1.29, 1.82) is 0 Å². The Labute approximate surface area is 137 Å². The van der Waals surface area contributed by atoms with Gasteiger partial charge in [0.15, 0.2) is 11.5 Å². The summed E-state index contributed by atoms with van der Waals surface area (Å²) in [4.78, 5) is 4.60. The Kier molecular flexibility index (Phi) is 3.35. The van der Waals surface area contributed by atoms with Crippen LogP contribution >= 0.6 is 11.6 Å². The maximum atomic E-state index is 5.97. The standard InChI is InChI=1S/C17H13ClN4O/c1-2-23-17-19-14-6-4-3-5-13(14)16-21-20-15(22(16)17)11-7-9-12(18)10-8-11/h3-10H,2H2,1H3. The van der Waals surface area contributed by atoms with Crippen LogP contribution in [0.3, 0.4) is 0 Å². The molecule has 0 radical (unpaired) electrons. The Bertz CT molecular complexity index is 995. The van der Waals surface area contributed by atoms with E-state index < -0.39 is 0 Å². The van der Waals surface area contributed by atoms with Gasteiger partial charge in [-0.25, -0.2) is 4.40 Å². The second-order valence-corrected chi connectivity index (χ2v) is 5.47. The zero-order valence-corrected chi connectivity index (χ0v) is 13.2. The fourth-order valence-corrected chi connectivity index (χ4v) is 2.69. The molecule has 4 rings (SSSR count). The number of hydrogen-bond donors (Lipinski definition) is 0. The highest BCUT2D eigenvalue weighted by atomic mass is 35.5. The van der Waals surface area contributed by atoms with Crippen molar-refractivity contribution >= 4 is 28.2 Å². The molecule has 0 saturated heterocycles. The van der Waals surface area contributed by atoms with Gasteiger partial charge in [0.2, 0.25) is 0 Å². The lowest BCUT2D eigenvalue weighted by Gasteiger charge is -2.09. The van der Waals surface area contributed by atoms with E-state index in [4.69, 9.17) is 16.3 Å². The molecule has 6 heteroatoms. The van der Waals surface area contributed by atoms with Crippen molar-refractivity contribution in [2.45, 2.75) is 6.92 Å². The average Bonchev–Trinajstić information content (AvgIpc) is 3.01. The van der Waals surface area contributed by atoms with Gasteiger partial charge in [-0.1, -0.05) is 23.7 Å². The number of para-hydroxylation sites is 1. The predicted molar refractivity (Wildman–Crippen MR) is 89.9 cm³/mol. The summed E-state index contributed by atoms with van der Waals surface area (Å²) in [7, 11) is 0. The first-order valence-electron chi connectivity index (χ1n) is 7.30. The molecule has 0 spiro atoms. The molecule has 0 fully saturated rings. The highest BCUT2D eigenvalue weighted by Gasteiger charge is 2.16. The highest BCUT2D eigenvalue weighted by molar-refractivity contribution is 6.30. The minimum atomic E-state index is 0.483. The van der Waals surface area contributed by atoms with E-state index >= 15 is 0 Å². The van der Waals surface area contributed by atoms with E-state index in [-0.39, 0.29) is 0 Å². The number of hydrogen-bond acceptors (Lipinski definition) is 4. The first kappa shape index (κ1) is 14.0. The van der Waals surface area contributed by atoms with Crippen LogP contribution in [0.1, 0.15) is 6.92 Å². The zero-order chi connectivity index (χ0) is 15.8. The molecule has 0 unspecified atom stereocenters. The Hall–Kier alpha value is -2.66. The van der Waals surface area contributed by atoms with Crippen LogP contribution in [0, 0.1) is 0 Å². The van der Waals surface area contributed by atoms with Crippen molar-refractivity contribution in [1.82, 2.24) is 19.6 Å². The van der Waals surface area contributed by atoms with Gasteiger partial charge in [-0.3, -0.25) is 0 Å². The Morgan fingerprint density at radius 3 is 2.61 bits per heavy atom. The monoisotopic (exact) mass is 324 g/mol. The minimum Gasteiger partial charge on any atom is -0.465 e. The SMILES string of the molecule is CCOc1nc2ccccc2c2nnc(-c3ccc(Cl)cc3)n12. The molecule has 0 aliphatic rings. The Balaban J connectivity index is 2.06. The first-order valence-corrected chi connectivity index (χ1v) is 7.68. The summed E-state index contributed by atoms with van der Waals surface area (Å²) in [5.41, 5.74) is 2.46. The second-order valence-electron chi connectivity index (χ2n) is 5.03. The third-order valence-corrected chi connectivity index (χ3v) is 3.84. The summed E-state index contributed by atoms with van der Waals surface area (Å²) in [6.45, 7) is 2.44. The van der Waals surface area contributed by atoms with Gasteiger partial charge in [0, 0.05) is 16.0 Å². The molecule has 23 heavy (non-hydrogen) atoms. The lowest BCUT2D eigenvalue weighted by Crippen LogP contribution is -2.03. The molecule has 0 aliphatic carbocycles. The van der Waals surface area contributed by atoms with Crippen LogP contribution in [0.2, 0.25) is 5.02 Å². The predicted octanol–water partition coefficient (Wildman–Crippen LogP) is 4.00. The van der Waals surface area contributed by atoms with Crippen molar-refractivity contribution in [3.63, 3.8) is 0 Å². The Morgan fingerprint density at radius 2 is 1.83 bits per heavy atom. The maximum absolute atomic E-state index is 5.97. The summed E-state index contributed by atoms with van der Waals surface area (Å²) in [6, 6.07) is 15.8. The fourth-order valence-electron chi connectivity index (χ4n) is 2.56. The summed E-state index contributed by atoms with van der Waals surface area (Å²) in [5.74, 6) is 0.679. The van der Waals surface area contributed by atoms with Crippen molar-refractivity contribution in [2.75, 3.05) is 6.61 Å². The average molecular weight is 325 g/mol. The lowest BCUT2D eigenvalue weighted by molar-refractivity contribution is 0.310. The molecule has 0 saturated carbocycles. The van der Waals surface area contributed by atoms with Crippen LogP contribution in [0.5, 0.6) is 6.01 Å². The molecular formula is C17H13ClN4O. The lowest BCUT2D eigenvalue weighted by atomic mass is 10.2. The van der Waals surface area contributed by atoms with Crippen LogP contribution in [-0.4, -0.2) is 26.2 Å². The second kappa shape index (κ2) is 5.52. The third-order valence-electron chi connectivity index (χ3n) is 3.59. The number of nitrogens with zero attached hydrogens (tertiary/aromatic N) is 4. The van der Waals surface area contributed by atoms with Gasteiger partial charge in [0.05, 0.1) is 12.1 Å².